The summed E-state index contributed by atoms with van der Waals surface area (Å²) in [4.78, 5) is 12.4. The van der Waals surface area contributed by atoms with Crippen LogP contribution < -0.4 is 14.8 Å². The Kier molecular flexibility index (Phi) is 7.33. The van der Waals surface area contributed by atoms with Crippen molar-refractivity contribution in [2.24, 2.45) is 0 Å². The summed E-state index contributed by atoms with van der Waals surface area (Å²) in [6.07, 6.45) is -0.795. The third kappa shape index (κ3) is 6.51. The molecule has 0 aliphatic rings. The summed E-state index contributed by atoms with van der Waals surface area (Å²) in [5.41, 5.74) is 0.651. The van der Waals surface area contributed by atoms with Crippen LogP contribution in [0.2, 0.25) is 15.1 Å². The lowest BCUT2D eigenvalue weighted by Gasteiger charge is -2.15. The average Bonchev–Trinajstić information content (AvgIpc) is 2.67. The fourth-order valence-electron chi connectivity index (χ4n) is 2.59. The van der Waals surface area contributed by atoms with Crippen molar-refractivity contribution in [3.63, 3.8) is 0 Å². The van der Waals surface area contributed by atoms with E-state index in [-0.39, 0.29) is 10.6 Å². The van der Waals surface area contributed by atoms with Crippen LogP contribution >= 0.6 is 34.8 Å². The van der Waals surface area contributed by atoms with Gasteiger partial charge in [-0.1, -0.05) is 40.9 Å². The number of hydrogen-bond acceptors (Lipinski definition) is 4. The summed E-state index contributed by atoms with van der Waals surface area (Å²) in [5, 5.41) is 3.77. The minimum Gasteiger partial charge on any atom is -0.481 e. The highest BCUT2D eigenvalue weighted by Crippen LogP contribution is 2.25. The number of carbonyl (C=O) groups is 1. The Hall–Kier alpha value is -2.45. The van der Waals surface area contributed by atoms with Gasteiger partial charge >= 0.3 is 0 Å². The van der Waals surface area contributed by atoms with E-state index in [2.05, 4.69) is 10.0 Å². The number of rotatable bonds is 7. The standard InChI is InChI=1S/C21H17Cl3N2O4S/c1-13(30-19-4-2-3-14(22)12-19)21(27)25-17-5-7-20(8-6-17)31(28,29)26-18-10-15(23)9-16(24)11-18/h2-13,26H,1H3,(H,25,27)/t13-/m1/s1. The Morgan fingerprint density at radius 2 is 1.52 bits per heavy atom. The molecule has 1 amide bonds. The summed E-state index contributed by atoms with van der Waals surface area (Å²) in [5.74, 6) is 0.0612. The molecule has 0 saturated heterocycles. The van der Waals surface area contributed by atoms with Gasteiger partial charge in [-0.25, -0.2) is 8.42 Å². The SMILES string of the molecule is C[C@@H](Oc1cccc(Cl)c1)C(=O)Nc1ccc(S(=O)(=O)Nc2cc(Cl)cc(Cl)c2)cc1. The molecule has 3 aromatic rings. The minimum absolute atomic E-state index is 0.00447. The molecule has 2 N–H and O–H groups in total. The minimum atomic E-state index is -3.87. The second-order valence-electron chi connectivity index (χ2n) is 6.49. The highest BCUT2D eigenvalue weighted by atomic mass is 35.5. The van der Waals surface area contributed by atoms with Crippen LogP contribution in [0.25, 0.3) is 0 Å². The summed E-state index contributed by atoms with van der Waals surface area (Å²) in [6, 6.07) is 16.8. The molecule has 162 valence electrons. The van der Waals surface area contributed by atoms with Crippen molar-refractivity contribution in [1.29, 1.82) is 0 Å². The van der Waals surface area contributed by atoms with Gasteiger partial charge in [0.1, 0.15) is 5.75 Å². The lowest BCUT2D eigenvalue weighted by Crippen LogP contribution is -2.30. The van der Waals surface area contributed by atoms with Crippen molar-refractivity contribution in [2.45, 2.75) is 17.9 Å². The molecule has 0 spiro atoms. The van der Waals surface area contributed by atoms with Crippen LogP contribution in [0.1, 0.15) is 6.92 Å². The zero-order chi connectivity index (χ0) is 22.6. The molecule has 3 rings (SSSR count). The molecule has 0 aliphatic carbocycles. The van der Waals surface area contributed by atoms with Crippen LogP contribution in [0.4, 0.5) is 11.4 Å². The van der Waals surface area contributed by atoms with Gasteiger partial charge in [-0.05, 0) is 67.6 Å². The number of nitrogens with one attached hydrogen (secondary N) is 2. The molecule has 10 heteroatoms. The van der Waals surface area contributed by atoms with E-state index in [0.29, 0.717) is 26.5 Å². The number of sulfonamides is 1. The maximum Gasteiger partial charge on any atom is 0.265 e. The van der Waals surface area contributed by atoms with Gasteiger partial charge in [0, 0.05) is 20.8 Å². The molecule has 0 bridgehead atoms. The monoisotopic (exact) mass is 498 g/mol. The molecule has 0 saturated carbocycles. The molecule has 1 atom stereocenters. The van der Waals surface area contributed by atoms with E-state index in [4.69, 9.17) is 39.5 Å². The van der Waals surface area contributed by atoms with E-state index >= 15 is 0 Å². The second kappa shape index (κ2) is 9.78. The van der Waals surface area contributed by atoms with Crippen molar-refractivity contribution < 1.29 is 17.9 Å². The fraction of sp³-hybridized carbons (Fsp3) is 0.0952. The van der Waals surface area contributed by atoms with Gasteiger partial charge in [0.05, 0.1) is 10.6 Å². The number of hydrogen-bond donors (Lipinski definition) is 2. The van der Waals surface area contributed by atoms with Crippen molar-refractivity contribution in [3.8, 4) is 5.75 Å². The Bertz CT molecular complexity index is 1180. The molecule has 0 aliphatic heterocycles. The number of amides is 1. The summed E-state index contributed by atoms with van der Waals surface area (Å²) < 4.78 is 33.1. The van der Waals surface area contributed by atoms with E-state index in [1.807, 2.05) is 0 Å². The van der Waals surface area contributed by atoms with E-state index in [1.54, 1.807) is 31.2 Å². The first-order valence-electron chi connectivity index (χ1n) is 8.94. The molecule has 0 aromatic heterocycles. The zero-order valence-electron chi connectivity index (χ0n) is 16.1. The van der Waals surface area contributed by atoms with Crippen molar-refractivity contribution in [1.82, 2.24) is 0 Å². The summed E-state index contributed by atoms with van der Waals surface area (Å²) in [7, 11) is -3.87. The molecular weight excluding hydrogens is 483 g/mol. The van der Waals surface area contributed by atoms with E-state index < -0.39 is 22.0 Å². The van der Waals surface area contributed by atoms with E-state index in [1.165, 1.54) is 42.5 Å². The van der Waals surface area contributed by atoms with E-state index in [0.717, 1.165) is 0 Å². The highest BCUT2D eigenvalue weighted by molar-refractivity contribution is 7.92. The van der Waals surface area contributed by atoms with Crippen LogP contribution in [-0.4, -0.2) is 20.4 Å². The number of halogens is 3. The lowest BCUT2D eigenvalue weighted by molar-refractivity contribution is -0.122. The largest absolute Gasteiger partial charge is 0.481 e. The molecule has 6 nitrogen and oxygen atoms in total. The topological polar surface area (TPSA) is 84.5 Å². The molecule has 31 heavy (non-hydrogen) atoms. The third-order valence-corrected chi connectivity index (χ3v) is 6.09. The predicted molar refractivity (Wildman–Crippen MR) is 124 cm³/mol. The van der Waals surface area contributed by atoms with Crippen LogP contribution in [0.3, 0.4) is 0 Å². The van der Waals surface area contributed by atoms with E-state index in [9.17, 15) is 13.2 Å². The van der Waals surface area contributed by atoms with Gasteiger partial charge in [-0.3, -0.25) is 9.52 Å². The van der Waals surface area contributed by atoms with Crippen LogP contribution in [0.15, 0.2) is 71.6 Å². The normalized spacial score (nSPS) is 12.1. The zero-order valence-corrected chi connectivity index (χ0v) is 19.2. The van der Waals surface area contributed by atoms with Gasteiger partial charge in [0.25, 0.3) is 15.9 Å². The summed E-state index contributed by atoms with van der Waals surface area (Å²) >= 11 is 17.7. The molecule has 0 fully saturated rings. The lowest BCUT2D eigenvalue weighted by atomic mass is 10.3. The van der Waals surface area contributed by atoms with Gasteiger partial charge < -0.3 is 10.1 Å². The number of carbonyl (C=O) groups excluding carboxylic acids is 1. The van der Waals surface area contributed by atoms with Gasteiger partial charge in [0.15, 0.2) is 6.10 Å². The maximum atomic E-state index is 12.6. The molecule has 3 aromatic carbocycles. The van der Waals surface area contributed by atoms with Crippen LogP contribution in [-0.2, 0) is 14.8 Å². The maximum absolute atomic E-state index is 12.6. The summed E-state index contributed by atoms with van der Waals surface area (Å²) in [6.45, 7) is 1.59. The van der Waals surface area contributed by atoms with Crippen molar-refractivity contribution >= 4 is 62.1 Å². The van der Waals surface area contributed by atoms with Crippen LogP contribution in [0.5, 0.6) is 5.75 Å². The van der Waals surface area contributed by atoms with Gasteiger partial charge in [-0.15, -0.1) is 0 Å². The Labute approximate surface area is 195 Å². The molecule has 0 unspecified atom stereocenters. The van der Waals surface area contributed by atoms with Crippen LogP contribution in [0, 0.1) is 0 Å². The smallest absolute Gasteiger partial charge is 0.265 e. The number of benzene rings is 3. The van der Waals surface area contributed by atoms with Gasteiger partial charge in [0.2, 0.25) is 0 Å². The Morgan fingerprint density at radius 3 is 2.13 bits per heavy atom. The first kappa shape index (κ1) is 23.2. The van der Waals surface area contributed by atoms with Crippen molar-refractivity contribution in [2.75, 3.05) is 10.0 Å². The predicted octanol–water partition coefficient (Wildman–Crippen LogP) is 5.85. The second-order valence-corrected chi connectivity index (χ2v) is 9.49. The van der Waals surface area contributed by atoms with Crippen molar-refractivity contribution in [3.05, 3.63) is 81.8 Å². The quantitative estimate of drug-likeness (QED) is 0.427. The highest BCUT2D eigenvalue weighted by Gasteiger charge is 2.17. The molecular formula is C21H17Cl3N2O4S. The fourth-order valence-corrected chi connectivity index (χ4v) is 4.33. The Morgan fingerprint density at radius 1 is 0.871 bits per heavy atom. The molecule has 0 heterocycles. The first-order chi connectivity index (χ1) is 14.6. The third-order valence-electron chi connectivity index (χ3n) is 4.03. The number of ether oxygens (including phenoxy) is 1. The molecule has 0 radical (unpaired) electrons. The Balaban J connectivity index is 1.65. The first-order valence-corrected chi connectivity index (χ1v) is 11.6. The van der Waals surface area contributed by atoms with Gasteiger partial charge in [-0.2, -0.15) is 0 Å². The number of anilines is 2. The average molecular weight is 500 g/mol.